The summed E-state index contributed by atoms with van der Waals surface area (Å²) in [5.41, 5.74) is 6.16. The molecular weight excluding hydrogens is 242 g/mol. The Balaban J connectivity index is 1.86. The zero-order chi connectivity index (χ0) is 13.7. The SMILES string of the molecule is CC(C(N)=O)c1cccc(OCOC2CCCC2)c1. The molecule has 1 aliphatic rings. The average Bonchev–Trinajstić information content (AvgIpc) is 2.91. The van der Waals surface area contributed by atoms with Crippen molar-refractivity contribution >= 4 is 5.91 Å². The van der Waals surface area contributed by atoms with Crippen molar-refractivity contribution in [2.45, 2.75) is 44.6 Å². The molecule has 0 radical (unpaired) electrons. The number of carbonyl (C=O) groups excluding carboxylic acids is 1. The van der Waals surface area contributed by atoms with Crippen molar-refractivity contribution in [1.29, 1.82) is 0 Å². The molecule has 1 aromatic rings. The van der Waals surface area contributed by atoms with Gasteiger partial charge >= 0.3 is 0 Å². The Morgan fingerprint density at radius 2 is 2.16 bits per heavy atom. The third-order valence-electron chi connectivity index (χ3n) is 3.62. The molecule has 4 heteroatoms. The molecular formula is C15H21NO3. The maximum atomic E-state index is 11.2. The minimum Gasteiger partial charge on any atom is -0.468 e. The third kappa shape index (κ3) is 3.96. The van der Waals surface area contributed by atoms with Crippen LogP contribution in [0.2, 0.25) is 0 Å². The van der Waals surface area contributed by atoms with Gasteiger partial charge in [-0.15, -0.1) is 0 Å². The number of hydrogen-bond donors (Lipinski definition) is 1. The molecule has 0 bridgehead atoms. The van der Waals surface area contributed by atoms with Crippen LogP contribution in [0.3, 0.4) is 0 Å². The van der Waals surface area contributed by atoms with E-state index in [0.717, 1.165) is 18.4 Å². The minimum absolute atomic E-state index is 0.263. The first-order valence-electron chi connectivity index (χ1n) is 6.80. The summed E-state index contributed by atoms with van der Waals surface area (Å²) in [4.78, 5) is 11.2. The van der Waals surface area contributed by atoms with E-state index in [-0.39, 0.29) is 18.6 Å². The molecule has 0 aliphatic heterocycles. The molecule has 2 rings (SSSR count). The van der Waals surface area contributed by atoms with Crippen molar-refractivity contribution in [2.24, 2.45) is 5.73 Å². The molecule has 1 aromatic carbocycles. The van der Waals surface area contributed by atoms with E-state index >= 15 is 0 Å². The van der Waals surface area contributed by atoms with Crippen LogP contribution in [0.25, 0.3) is 0 Å². The van der Waals surface area contributed by atoms with Gasteiger partial charge < -0.3 is 15.2 Å². The standard InChI is InChI=1S/C15H21NO3/c1-11(15(16)17)12-5-4-8-14(9-12)19-10-18-13-6-2-3-7-13/h4-5,8-9,11,13H,2-3,6-7,10H2,1H3,(H2,16,17). The number of primary amides is 1. The lowest BCUT2D eigenvalue weighted by Gasteiger charge is -2.13. The largest absolute Gasteiger partial charge is 0.468 e. The van der Waals surface area contributed by atoms with E-state index in [2.05, 4.69) is 0 Å². The molecule has 1 atom stereocenters. The zero-order valence-electron chi connectivity index (χ0n) is 11.3. The van der Waals surface area contributed by atoms with Gasteiger partial charge in [0.2, 0.25) is 5.91 Å². The fourth-order valence-corrected chi connectivity index (χ4v) is 2.29. The number of ether oxygens (including phenoxy) is 2. The van der Waals surface area contributed by atoms with Crippen molar-refractivity contribution in [3.05, 3.63) is 29.8 Å². The molecule has 1 saturated carbocycles. The molecule has 0 saturated heterocycles. The first-order valence-corrected chi connectivity index (χ1v) is 6.80. The first-order chi connectivity index (χ1) is 9.16. The van der Waals surface area contributed by atoms with Crippen LogP contribution >= 0.6 is 0 Å². The number of hydrogen-bond acceptors (Lipinski definition) is 3. The van der Waals surface area contributed by atoms with Gasteiger partial charge in [0.15, 0.2) is 6.79 Å². The molecule has 1 aliphatic carbocycles. The summed E-state index contributed by atoms with van der Waals surface area (Å²) in [7, 11) is 0. The Morgan fingerprint density at radius 1 is 1.42 bits per heavy atom. The topological polar surface area (TPSA) is 61.6 Å². The Kier molecular flexibility index (Phi) is 4.80. The van der Waals surface area contributed by atoms with Gasteiger partial charge in [-0.25, -0.2) is 0 Å². The van der Waals surface area contributed by atoms with Crippen molar-refractivity contribution in [2.75, 3.05) is 6.79 Å². The molecule has 0 spiro atoms. The maximum absolute atomic E-state index is 11.2. The van der Waals surface area contributed by atoms with Crippen LogP contribution in [-0.2, 0) is 9.53 Å². The Labute approximate surface area is 113 Å². The van der Waals surface area contributed by atoms with Crippen molar-refractivity contribution < 1.29 is 14.3 Å². The van der Waals surface area contributed by atoms with Gasteiger partial charge in [0.25, 0.3) is 0 Å². The number of benzene rings is 1. The lowest BCUT2D eigenvalue weighted by atomic mass is 10.0. The molecule has 1 fully saturated rings. The predicted molar refractivity (Wildman–Crippen MR) is 72.9 cm³/mol. The van der Waals surface area contributed by atoms with Crippen LogP contribution in [0.1, 0.15) is 44.1 Å². The molecule has 1 amide bonds. The molecule has 104 valence electrons. The third-order valence-corrected chi connectivity index (χ3v) is 3.62. The summed E-state index contributed by atoms with van der Waals surface area (Å²) in [6, 6.07) is 7.43. The minimum atomic E-state index is -0.334. The van der Waals surface area contributed by atoms with E-state index in [0.29, 0.717) is 11.9 Å². The lowest BCUT2D eigenvalue weighted by molar-refractivity contribution is -0.119. The highest BCUT2D eigenvalue weighted by molar-refractivity contribution is 5.81. The molecule has 2 N–H and O–H groups in total. The summed E-state index contributed by atoms with van der Waals surface area (Å²) in [5.74, 6) is 0.0715. The van der Waals surface area contributed by atoms with Gasteiger partial charge in [0.05, 0.1) is 12.0 Å². The van der Waals surface area contributed by atoms with E-state index in [1.807, 2.05) is 24.3 Å². The van der Waals surface area contributed by atoms with E-state index < -0.39 is 0 Å². The van der Waals surface area contributed by atoms with Crippen molar-refractivity contribution in [3.8, 4) is 5.75 Å². The average molecular weight is 263 g/mol. The van der Waals surface area contributed by atoms with Crippen molar-refractivity contribution in [3.63, 3.8) is 0 Å². The van der Waals surface area contributed by atoms with Crippen LogP contribution in [0.4, 0.5) is 0 Å². The summed E-state index contributed by atoms with van der Waals surface area (Å²) in [6.07, 6.45) is 5.09. The van der Waals surface area contributed by atoms with Gasteiger partial charge in [-0.05, 0) is 37.5 Å². The van der Waals surface area contributed by atoms with E-state index in [4.69, 9.17) is 15.2 Å². The van der Waals surface area contributed by atoms with Gasteiger partial charge in [-0.1, -0.05) is 25.0 Å². The fraction of sp³-hybridized carbons (Fsp3) is 0.533. The summed E-state index contributed by atoms with van der Waals surface area (Å²) in [5, 5.41) is 0. The fourth-order valence-electron chi connectivity index (χ4n) is 2.29. The van der Waals surface area contributed by atoms with Gasteiger partial charge in [0.1, 0.15) is 5.75 Å². The van der Waals surface area contributed by atoms with E-state index in [9.17, 15) is 4.79 Å². The highest BCUT2D eigenvalue weighted by Crippen LogP contribution is 2.23. The summed E-state index contributed by atoms with van der Waals surface area (Å²) >= 11 is 0. The highest BCUT2D eigenvalue weighted by atomic mass is 16.7. The Hall–Kier alpha value is -1.55. The number of rotatable bonds is 6. The second-order valence-corrected chi connectivity index (χ2v) is 5.03. The quantitative estimate of drug-likeness (QED) is 0.802. The first kappa shape index (κ1) is 13.9. The van der Waals surface area contributed by atoms with Crippen molar-refractivity contribution in [1.82, 2.24) is 0 Å². The van der Waals surface area contributed by atoms with E-state index in [1.165, 1.54) is 12.8 Å². The van der Waals surface area contributed by atoms with Crippen LogP contribution in [0.5, 0.6) is 5.75 Å². The molecule has 0 heterocycles. The lowest BCUT2D eigenvalue weighted by Crippen LogP contribution is -2.18. The van der Waals surface area contributed by atoms with E-state index in [1.54, 1.807) is 6.92 Å². The Morgan fingerprint density at radius 3 is 2.84 bits per heavy atom. The maximum Gasteiger partial charge on any atom is 0.224 e. The summed E-state index contributed by atoms with van der Waals surface area (Å²) < 4.78 is 11.2. The zero-order valence-corrected chi connectivity index (χ0v) is 11.3. The summed E-state index contributed by atoms with van der Waals surface area (Å²) in [6.45, 7) is 2.05. The highest BCUT2D eigenvalue weighted by Gasteiger charge is 2.15. The second kappa shape index (κ2) is 6.57. The van der Waals surface area contributed by atoms with Gasteiger partial charge in [-0.2, -0.15) is 0 Å². The van der Waals surface area contributed by atoms with Gasteiger partial charge in [0, 0.05) is 0 Å². The van der Waals surface area contributed by atoms with Crippen LogP contribution in [0, 0.1) is 0 Å². The molecule has 19 heavy (non-hydrogen) atoms. The normalized spacial score (nSPS) is 17.3. The molecule has 4 nitrogen and oxygen atoms in total. The second-order valence-electron chi connectivity index (χ2n) is 5.03. The number of carbonyl (C=O) groups is 1. The van der Waals surface area contributed by atoms with Crippen LogP contribution < -0.4 is 10.5 Å². The predicted octanol–water partition coefficient (Wildman–Crippen LogP) is 2.57. The molecule has 0 aromatic heterocycles. The Bertz CT molecular complexity index is 427. The van der Waals surface area contributed by atoms with Gasteiger partial charge in [-0.3, -0.25) is 4.79 Å². The van der Waals surface area contributed by atoms with Crippen LogP contribution in [-0.4, -0.2) is 18.8 Å². The monoisotopic (exact) mass is 263 g/mol. The number of amides is 1. The smallest absolute Gasteiger partial charge is 0.224 e. The number of nitrogens with two attached hydrogens (primary N) is 1. The molecule has 1 unspecified atom stereocenters. The van der Waals surface area contributed by atoms with Crippen LogP contribution in [0.15, 0.2) is 24.3 Å².